The van der Waals surface area contributed by atoms with Gasteiger partial charge in [0.1, 0.15) is 0 Å². The van der Waals surface area contributed by atoms with E-state index < -0.39 is 9.84 Å². The number of sulfone groups is 1. The third-order valence-corrected chi connectivity index (χ3v) is 7.64. The van der Waals surface area contributed by atoms with Crippen molar-refractivity contribution in [3.63, 3.8) is 0 Å². The van der Waals surface area contributed by atoms with Crippen LogP contribution in [0.3, 0.4) is 0 Å². The van der Waals surface area contributed by atoms with Crippen molar-refractivity contribution in [1.82, 2.24) is 4.98 Å². The van der Waals surface area contributed by atoms with E-state index in [0.29, 0.717) is 17.6 Å². The minimum absolute atomic E-state index is 0.0401. The Kier molecular flexibility index (Phi) is 5.62. The molecule has 3 rings (SSSR count). The fourth-order valence-electron chi connectivity index (χ4n) is 2.81. The molecule has 0 aliphatic heterocycles. The van der Waals surface area contributed by atoms with Gasteiger partial charge in [0.05, 0.1) is 22.4 Å². The molecule has 0 fully saturated rings. The van der Waals surface area contributed by atoms with Gasteiger partial charge in [-0.2, -0.15) is 0 Å². The fourth-order valence-corrected chi connectivity index (χ4v) is 5.79. The maximum absolute atomic E-state index is 12.4. The smallest absolute Gasteiger partial charge is 0.228 e. The minimum atomic E-state index is -3.38. The van der Waals surface area contributed by atoms with Gasteiger partial charge in [0.15, 0.2) is 0 Å². The van der Waals surface area contributed by atoms with Crippen LogP contribution < -0.4 is 5.32 Å². The van der Waals surface area contributed by atoms with E-state index in [0.717, 1.165) is 27.2 Å². The first-order valence-electron chi connectivity index (χ1n) is 8.72. The summed E-state index contributed by atoms with van der Waals surface area (Å²) in [6, 6.07) is 13.0. The summed E-state index contributed by atoms with van der Waals surface area (Å²) in [6.07, 6.45) is 0.293. The van der Waals surface area contributed by atoms with E-state index in [-0.39, 0.29) is 21.9 Å². The number of carbonyl (C=O) groups excluding carboxylic acids is 1. The fraction of sp³-hybridized carbons (Fsp3) is 0.300. The number of anilines is 1. The summed E-state index contributed by atoms with van der Waals surface area (Å²) in [5, 5.41) is 2.88. The van der Waals surface area contributed by atoms with Gasteiger partial charge in [-0.05, 0) is 42.2 Å². The summed E-state index contributed by atoms with van der Waals surface area (Å²) < 4.78 is 25.7. The van der Waals surface area contributed by atoms with Crippen molar-refractivity contribution in [2.24, 2.45) is 5.92 Å². The number of aromatic nitrogens is 1. The number of nitrogens with one attached hydrogen (secondary N) is 1. The largest absolute Gasteiger partial charge is 0.326 e. The summed E-state index contributed by atoms with van der Waals surface area (Å²) in [7, 11) is -3.38. The second kappa shape index (κ2) is 7.78. The maximum atomic E-state index is 12.4. The lowest BCUT2D eigenvalue weighted by atomic mass is 10.1. The van der Waals surface area contributed by atoms with E-state index in [4.69, 9.17) is 0 Å². The molecule has 0 bridgehead atoms. The van der Waals surface area contributed by atoms with Crippen molar-refractivity contribution in [3.8, 4) is 0 Å². The Morgan fingerprint density at radius 2 is 1.93 bits per heavy atom. The Hall–Kier alpha value is -2.25. The topological polar surface area (TPSA) is 76.1 Å². The van der Waals surface area contributed by atoms with E-state index in [9.17, 15) is 13.2 Å². The van der Waals surface area contributed by atoms with Gasteiger partial charge in [0.25, 0.3) is 0 Å². The Morgan fingerprint density at radius 3 is 2.63 bits per heavy atom. The van der Waals surface area contributed by atoms with Crippen LogP contribution in [0, 0.1) is 12.8 Å². The molecular formula is C20H22N2O3S2. The van der Waals surface area contributed by atoms with Crippen LogP contribution >= 0.6 is 11.3 Å². The molecule has 7 heteroatoms. The molecule has 2 aromatic carbocycles. The first-order chi connectivity index (χ1) is 12.7. The molecule has 1 amide bonds. The zero-order valence-corrected chi connectivity index (χ0v) is 17.2. The van der Waals surface area contributed by atoms with Crippen molar-refractivity contribution < 1.29 is 13.2 Å². The molecule has 5 nitrogen and oxygen atoms in total. The van der Waals surface area contributed by atoms with Crippen molar-refractivity contribution in [2.75, 3.05) is 11.1 Å². The Balaban J connectivity index is 1.78. The number of fused-ring (bicyclic) bond motifs is 1. The molecular weight excluding hydrogens is 380 g/mol. The molecule has 1 N–H and O–H groups in total. The lowest BCUT2D eigenvalue weighted by Crippen LogP contribution is -2.14. The number of aryl methyl sites for hydroxylation is 1. The molecule has 1 heterocycles. The van der Waals surface area contributed by atoms with Crippen LogP contribution in [0.4, 0.5) is 5.69 Å². The van der Waals surface area contributed by atoms with Gasteiger partial charge in [-0.3, -0.25) is 4.79 Å². The summed E-state index contributed by atoms with van der Waals surface area (Å²) in [4.78, 5) is 16.6. The number of nitrogens with zero attached hydrogens (tertiary/aromatic N) is 1. The minimum Gasteiger partial charge on any atom is -0.326 e. The van der Waals surface area contributed by atoms with Crippen LogP contribution in [0.25, 0.3) is 10.2 Å². The third-order valence-electron chi connectivity index (χ3n) is 4.08. The highest BCUT2D eigenvalue weighted by Gasteiger charge is 2.21. The molecule has 1 aromatic heterocycles. The van der Waals surface area contributed by atoms with E-state index in [1.165, 1.54) is 0 Å². The van der Waals surface area contributed by atoms with Crippen molar-refractivity contribution >= 4 is 43.0 Å². The van der Waals surface area contributed by atoms with E-state index in [1.54, 1.807) is 18.2 Å². The Morgan fingerprint density at radius 1 is 1.19 bits per heavy atom. The molecule has 3 aromatic rings. The zero-order valence-electron chi connectivity index (χ0n) is 15.5. The molecule has 0 aliphatic carbocycles. The van der Waals surface area contributed by atoms with Gasteiger partial charge < -0.3 is 5.32 Å². The molecule has 0 saturated heterocycles. The molecule has 0 aliphatic rings. The summed E-state index contributed by atoms with van der Waals surface area (Å²) in [5.74, 6) is 0.00598. The van der Waals surface area contributed by atoms with E-state index in [2.05, 4.69) is 10.3 Å². The van der Waals surface area contributed by atoms with Gasteiger partial charge >= 0.3 is 0 Å². The predicted octanol–water partition coefficient (Wildman–Crippen LogP) is 4.22. The van der Waals surface area contributed by atoms with E-state index >= 15 is 0 Å². The second-order valence-corrected chi connectivity index (χ2v) is 10.2. The van der Waals surface area contributed by atoms with Crippen molar-refractivity contribution in [3.05, 3.63) is 53.6 Å². The zero-order chi connectivity index (χ0) is 19.6. The summed E-state index contributed by atoms with van der Waals surface area (Å²) in [6.45, 7) is 5.71. The average molecular weight is 403 g/mol. The lowest BCUT2D eigenvalue weighted by Gasteiger charge is -2.07. The SMILES string of the molecule is Cc1ccccc1CC(=O)Nc1ccc2nc(S(=O)(=O)CC(C)C)sc2c1. The van der Waals surface area contributed by atoms with Crippen LogP contribution in [0.1, 0.15) is 25.0 Å². The lowest BCUT2D eigenvalue weighted by molar-refractivity contribution is -0.115. The number of benzene rings is 2. The normalized spacial score (nSPS) is 11.9. The van der Waals surface area contributed by atoms with Gasteiger partial charge in [-0.15, -0.1) is 11.3 Å². The number of hydrogen-bond acceptors (Lipinski definition) is 5. The van der Waals surface area contributed by atoms with Crippen molar-refractivity contribution in [2.45, 2.75) is 31.5 Å². The predicted molar refractivity (Wildman–Crippen MR) is 110 cm³/mol. The number of rotatable bonds is 6. The molecule has 0 atom stereocenters. The third kappa shape index (κ3) is 4.73. The highest BCUT2D eigenvalue weighted by molar-refractivity contribution is 7.93. The number of carbonyl (C=O) groups is 1. The molecule has 0 spiro atoms. The molecule has 142 valence electrons. The Labute approximate surface area is 163 Å². The van der Waals surface area contributed by atoms with Crippen LogP contribution in [-0.4, -0.2) is 25.1 Å². The van der Waals surface area contributed by atoms with Gasteiger partial charge in [-0.25, -0.2) is 13.4 Å². The number of thiazole rings is 1. The van der Waals surface area contributed by atoms with Crippen LogP contribution in [0.2, 0.25) is 0 Å². The number of amides is 1. The first kappa shape index (κ1) is 19.5. The van der Waals surface area contributed by atoms with Gasteiger partial charge in [-0.1, -0.05) is 38.1 Å². The molecule has 27 heavy (non-hydrogen) atoms. The summed E-state index contributed by atoms with van der Waals surface area (Å²) in [5.41, 5.74) is 3.32. The molecule has 0 unspecified atom stereocenters. The maximum Gasteiger partial charge on any atom is 0.228 e. The Bertz CT molecular complexity index is 1090. The number of hydrogen-bond donors (Lipinski definition) is 1. The van der Waals surface area contributed by atoms with Crippen LogP contribution in [-0.2, 0) is 21.1 Å². The second-order valence-electron chi connectivity index (χ2n) is 6.99. The van der Waals surface area contributed by atoms with Crippen LogP contribution in [0.15, 0.2) is 46.8 Å². The van der Waals surface area contributed by atoms with Gasteiger partial charge in [0, 0.05) is 5.69 Å². The molecule has 0 radical (unpaired) electrons. The highest BCUT2D eigenvalue weighted by atomic mass is 32.2. The molecule has 0 saturated carbocycles. The first-order valence-corrected chi connectivity index (χ1v) is 11.2. The summed E-state index contributed by atoms with van der Waals surface area (Å²) >= 11 is 1.14. The standard InChI is InChI=1S/C20H22N2O3S2/c1-13(2)12-27(24,25)20-22-17-9-8-16(11-18(17)26-20)21-19(23)10-15-7-5-4-6-14(15)3/h4-9,11,13H,10,12H2,1-3H3,(H,21,23). The quantitative estimate of drug-likeness (QED) is 0.670. The highest BCUT2D eigenvalue weighted by Crippen LogP contribution is 2.29. The van der Waals surface area contributed by atoms with E-state index in [1.807, 2.05) is 45.0 Å². The van der Waals surface area contributed by atoms with Gasteiger partial charge in [0.2, 0.25) is 20.1 Å². The monoisotopic (exact) mass is 402 g/mol. The average Bonchev–Trinajstić information content (AvgIpc) is 3.00. The van der Waals surface area contributed by atoms with Crippen LogP contribution in [0.5, 0.6) is 0 Å². The van der Waals surface area contributed by atoms with Crippen molar-refractivity contribution in [1.29, 1.82) is 0 Å².